The fourth-order valence-electron chi connectivity index (χ4n) is 1.95. The van der Waals surface area contributed by atoms with Crippen LogP contribution in [0.4, 0.5) is 5.69 Å². The Kier molecular flexibility index (Phi) is 5.78. The highest BCUT2D eigenvalue weighted by Gasteiger charge is 2.16. The Balaban J connectivity index is 2.27. The first kappa shape index (κ1) is 18.2. The van der Waals surface area contributed by atoms with Crippen molar-refractivity contribution in [3.05, 3.63) is 58.1 Å². The fourth-order valence-corrected chi connectivity index (χ4v) is 3.29. The van der Waals surface area contributed by atoms with Gasteiger partial charge in [-0.1, -0.05) is 34.0 Å². The normalized spacial score (nSPS) is 10.9. The second-order valence-electron chi connectivity index (χ2n) is 4.97. The Morgan fingerprint density at radius 1 is 1.25 bits per heavy atom. The number of terminal acetylenes is 1. The van der Waals surface area contributed by atoms with Gasteiger partial charge in [0.05, 0.1) is 11.4 Å². The first-order chi connectivity index (χ1) is 11.3. The topological polar surface area (TPSA) is 75.3 Å². The molecule has 2 rings (SSSR count). The third-order valence-electron chi connectivity index (χ3n) is 3.22. The Labute approximate surface area is 149 Å². The number of aryl methyl sites for hydroxylation is 1. The van der Waals surface area contributed by atoms with Crippen LogP contribution in [0, 0.1) is 19.3 Å². The van der Waals surface area contributed by atoms with Gasteiger partial charge in [0.15, 0.2) is 0 Å². The Hall–Kier alpha value is -2.14. The highest BCUT2D eigenvalue weighted by molar-refractivity contribution is 9.10. The quantitative estimate of drug-likeness (QED) is 0.749. The smallest absolute Gasteiger partial charge is 0.255 e. The van der Waals surface area contributed by atoms with Gasteiger partial charge in [0, 0.05) is 15.7 Å². The molecule has 0 saturated heterocycles. The summed E-state index contributed by atoms with van der Waals surface area (Å²) in [5.41, 5.74) is 1.78. The highest BCUT2D eigenvalue weighted by atomic mass is 79.9. The number of amides is 1. The monoisotopic (exact) mass is 406 g/mol. The summed E-state index contributed by atoms with van der Waals surface area (Å²) in [5, 5.41) is 2.77. The average molecular weight is 407 g/mol. The highest BCUT2D eigenvalue weighted by Crippen LogP contribution is 2.21. The van der Waals surface area contributed by atoms with Crippen LogP contribution < -0.4 is 10.0 Å². The molecule has 2 N–H and O–H groups in total. The number of carbonyl (C=O) groups excluding carboxylic acids is 1. The maximum Gasteiger partial charge on any atom is 0.255 e. The zero-order valence-corrected chi connectivity index (χ0v) is 15.2. The molecule has 0 aromatic heterocycles. The maximum atomic E-state index is 12.4. The Morgan fingerprint density at radius 3 is 2.71 bits per heavy atom. The number of benzene rings is 2. The largest absolute Gasteiger partial charge is 0.322 e. The molecule has 7 heteroatoms. The molecule has 2 aromatic carbocycles. The van der Waals surface area contributed by atoms with Gasteiger partial charge in [0.1, 0.15) is 0 Å². The zero-order chi connectivity index (χ0) is 17.7. The lowest BCUT2D eigenvalue weighted by Gasteiger charge is -2.10. The molecule has 0 bridgehead atoms. The molecule has 24 heavy (non-hydrogen) atoms. The lowest BCUT2D eigenvalue weighted by atomic mass is 10.1. The molecule has 1 amide bonds. The first-order valence-electron chi connectivity index (χ1n) is 6.94. The van der Waals surface area contributed by atoms with E-state index >= 15 is 0 Å². The SMILES string of the molecule is C#CCNS(=O)(=O)c1cccc(C(=O)Nc2cc(Br)ccc2C)c1. The summed E-state index contributed by atoms with van der Waals surface area (Å²) in [6, 6.07) is 11.3. The molecule has 124 valence electrons. The number of sulfonamides is 1. The number of halogens is 1. The summed E-state index contributed by atoms with van der Waals surface area (Å²) in [7, 11) is -3.75. The van der Waals surface area contributed by atoms with E-state index in [9.17, 15) is 13.2 Å². The standard InChI is InChI=1S/C17H15BrN2O3S/c1-3-9-19-24(22,23)15-6-4-5-13(10-15)17(21)20-16-11-14(18)8-7-12(16)2/h1,4-8,10-11,19H,9H2,2H3,(H,20,21). The molecule has 5 nitrogen and oxygen atoms in total. The van der Waals surface area contributed by atoms with E-state index < -0.39 is 15.9 Å². The van der Waals surface area contributed by atoms with E-state index in [0.29, 0.717) is 5.69 Å². The molecular formula is C17H15BrN2O3S. The number of carbonyl (C=O) groups is 1. The minimum atomic E-state index is -3.75. The molecule has 0 aliphatic rings. The molecule has 0 radical (unpaired) electrons. The first-order valence-corrected chi connectivity index (χ1v) is 9.22. The predicted octanol–water partition coefficient (Wildman–Crippen LogP) is 2.92. The second kappa shape index (κ2) is 7.62. The summed E-state index contributed by atoms with van der Waals surface area (Å²) >= 11 is 3.35. The summed E-state index contributed by atoms with van der Waals surface area (Å²) in [5.74, 6) is 1.80. The minimum absolute atomic E-state index is 0.0173. The van der Waals surface area contributed by atoms with Gasteiger partial charge in [-0.3, -0.25) is 4.79 Å². The summed E-state index contributed by atoms with van der Waals surface area (Å²) in [6.07, 6.45) is 5.06. The number of hydrogen-bond acceptors (Lipinski definition) is 3. The van der Waals surface area contributed by atoms with E-state index in [1.54, 1.807) is 12.1 Å². The zero-order valence-electron chi connectivity index (χ0n) is 12.8. The van der Waals surface area contributed by atoms with Crippen LogP contribution in [-0.2, 0) is 10.0 Å². The van der Waals surface area contributed by atoms with Crippen LogP contribution in [-0.4, -0.2) is 20.9 Å². The van der Waals surface area contributed by atoms with Crippen LogP contribution in [0.25, 0.3) is 0 Å². The van der Waals surface area contributed by atoms with Crippen molar-refractivity contribution in [2.45, 2.75) is 11.8 Å². The molecule has 0 heterocycles. The third kappa shape index (κ3) is 4.45. The average Bonchev–Trinajstić information content (AvgIpc) is 2.56. The molecule has 0 atom stereocenters. The van der Waals surface area contributed by atoms with Gasteiger partial charge in [0.2, 0.25) is 10.0 Å². The van der Waals surface area contributed by atoms with E-state index in [-0.39, 0.29) is 17.0 Å². The van der Waals surface area contributed by atoms with Gasteiger partial charge in [-0.25, -0.2) is 8.42 Å². The van der Waals surface area contributed by atoms with Gasteiger partial charge >= 0.3 is 0 Å². The van der Waals surface area contributed by atoms with E-state index in [1.807, 2.05) is 19.1 Å². The fraction of sp³-hybridized carbons (Fsp3) is 0.118. The molecule has 0 fully saturated rings. The lowest BCUT2D eigenvalue weighted by Crippen LogP contribution is -2.24. The number of anilines is 1. The molecular weight excluding hydrogens is 392 g/mol. The van der Waals surface area contributed by atoms with Crippen molar-refractivity contribution in [3.63, 3.8) is 0 Å². The van der Waals surface area contributed by atoms with Crippen molar-refractivity contribution in [1.29, 1.82) is 0 Å². The lowest BCUT2D eigenvalue weighted by molar-refractivity contribution is 0.102. The van der Waals surface area contributed by atoms with E-state index in [2.05, 4.69) is 31.9 Å². The molecule has 0 aliphatic heterocycles. The van der Waals surface area contributed by atoms with E-state index in [0.717, 1.165) is 10.0 Å². The summed E-state index contributed by atoms with van der Waals surface area (Å²) < 4.78 is 27.2. The maximum absolute atomic E-state index is 12.4. The van der Waals surface area contributed by atoms with E-state index in [4.69, 9.17) is 6.42 Å². The van der Waals surface area contributed by atoms with Crippen LogP contribution in [0.15, 0.2) is 51.8 Å². The molecule has 0 saturated carbocycles. The molecule has 0 aliphatic carbocycles. The van der Waals surface area contributed by atoms with Crippen LogP contribution in [0.1, 0.15) is 15.9 Å². The summed E-state index contributed by atoms with van der Waals surface area (Å²) in [4.78, 5) is 12.4. The molecule has 2 aromatic rings. The van der Waals surface area contributed by atoms with Crippen molar-refractivity contribution in [2.24, 2.45) is 0 Å². The van der Waals surface area contributed by atoms with Crippen molar-refractivity contribution >= 4 is 37.5 Å². The minimum Gasteiger partial charge on any atom is -0.322 e. The third-order valence-corrected chi connectivity index (χ3v) is 5.11. The number of hydrogen-bond donors (Lipinski definition) is 2. The molecule has 0 spiro atoms. The predicted molar refractivity (Wildman–Crippen MR) is 97.3 cm³/mol. The molecule has 0 unspecified atom stereocenters. The van der Waals surface area contributed by atoms with Gasteiger partial charge in [-0.05, 0) is 42.8 Å². The second-order valence-corrected chi connectivity index (χ2v) is 7.65. The number of rotatable bonds is 5. The Morgan fingerprint density at radius 2 is 2.00 bits per heavy atom. The van der Waals surface area contributed by atoms with Crippen molar-refractivity contribution in [1.82, 2.24) is 4.72 Å². The van der Waals surface area contributed by atoms with E-state index in [1.165, 1.54) is 18.2 Å². The van der Waals surface area contributed by atoms with Crippen LogP contribution in [0.2, 0.25) is 0 Å². The van der Waals surface area contributed by atoms with Gasteiger partial charge in [-0.2, -0.15) is 4.72 Å². The van der Waals surface area contributed by atoms with Crippen LogP contribution in [0.3, 0.4) is 0 Å². The van der Waals surface area contributed by atoms with Gasteiger partial charge in [0.25, 0.3) is 5.91 Å². The van der Waals surface area contributed by atoms with Gasteiger partial charge < -0.3 is 5.32 Å². The Bertz CT molecular complexity index is 918. The van der Waals surface area contributed by atoms with Crippen molar-refractivity contribution in [3.8, 4) is 12.3 Å². The summed E-state index contributed by atoms with van der Waals surface area (Å²) in [6.45, 7) is 1.75. The van der Waals surface area contributed by atoms with Crippen molar-refractivity contribution in [2.75, 3.05) is 11.9 Å². The number of nitrogens with one attached hydrogen (secondary N) is 2. The van der Waals surface area contributed by atoms with Gasteiger partial charge in [-0.15, -0.1) is 6.42 Å². The van der Waals surface area contributed by atoms with Crippen LogP contribution in [0.5, 0.6) is 0 Å². The van der Waals surface area contributed by atoms with Crippen molar-refractivity contribution < 1.29 is 13.2 Å². The van der Waals surface area contributed by atoms with Crippen LogP contribution >= 0.6 is 15.9 Å².